The maximum atomic E-state index is 11.7. The number of carbonyl (C=O) groups excluding carboxylic acids is 1. The highest BCUT2D eigenvalue weighted by atomic mass is 16.6. The molecule has 0 radical (unpaired) electrons. The number of furan rings is 1. The number of nitriles is 1. The van der Waals surface area contributed by atoms with Gasteiger partial charge in [0.2, 0.25) is 5.91 Å². The first-order chi connectivity index (χ1) is 10.6. The number of nitrogens with zero attached hydrogens (tertiary/aromatic N) is 2. The van der Waals surface area contributed by atoms with Gasteiger partial charge in [0.15, 0.2) is 0 Å². The molecule has 22 heavy (non-hydrogen) atoms. The molecule has 0 fully saturated rings. The van der Waals surface area contributed by atoms with Crippen molar-refractivity contribution < 1.29 is 14.1 Å². The molecule has 0 bridgehead atoms. The fourth-order valence-electron chi connectivity index (χ4n) is 1.67. The Morgan fingerprint density at radius 2 is 2.05 bits per heavy atom. The van der Waals surface area contributed by atoms with Gasteiger partial charge in [-0.15, -0.1) is 0 Å². The highest BCUT2D eigenvalue weighted by molar-refractivity contribution is 6.01. The number of benzene rings is 1. The molecule has 110 valence electrons. The molecule has 0 aliphatic carbocycles. The van der Waals surface area contributed by atoms with Gasteiger partial charge in [0.25, 0.3) is 0 Å². The van der Waals surface area contributed by atoms with Crippen molar-refractivity contribution in [2.75, 3.05) is 5.32 Å². The van der Waals surface area contributed by atoms with Crippen LogP contribution in [0.5, 0.6) is 0 Å². The van der Waals surface area contributed by atoms with Crippen LogP contribution >= 0.6 is 0 Å². The van der Waals surface area contributed by atoms with Gasteiger partial charge < -0.3 is 9.73 Å². The van der Waals surface area contributed by atoms with Gasteiger partial charge in [0.1, 0.15) is 10.7 Å². The molecule has 7 nitrogen and oxygen atoms in total. The normalized spacial score (nSPS) is 10.3. The molecule has 1 aromatic heterocycles. The summed E-state index contributed by atoms with van der Waals surface area (Å²) >= 11 is 0. The van der Waals surface area contributed by atoms with Gasteiger partial charge in [-0.25, -0.2) is 0 Å². The number of nitro groups is 1. The lowest BCUT2D eigenvalue weighted by Gasteiger charge is -2.02. The number of amides is 1. The van der Waals surface area contributed by atoms with Crippen LogP contribution in [-0.2, 0) is 11.2 Å². The minimum atomic E-state index is -0.653. The number of nitrogens with one attached hydrogen (secondary N) is 1. The molecule has 7 heteroatoms. The largest absolute Gasteiger partial charge is 0.433 e. The van der Waals surface area contributed by atoms with Gasteiger partial charge in [-0.05, 0) is 29.8 Å². The number of anilines is 1. The standard InChI is InChI=1S/C15H11N3O4/c16-10-9-11-1-3-12(4-2-11)17-14(19)7-5-13-6-8-15(22-13)18(20)21/h1-8H,9H2,(H,17,19). The van der Waals surface area contributed by atoms with Crippen LogP contribution in [-0.4, -0.2) is 10.8 Å². The summed E-state index contributed by atoms with van der Waals surface area (Å²) in [6.45, 7) is 0. The molecule has 0 unspecified atom stereocenters. The van der Waals surface area contributed by atoms with E-state index in [1.165, 1.54) is 24.3 Å². The van der Waals surface area contributed by atoms with Crippen LogP contribution in [0.2, 0.25) is 0 Å². The summed E-state index contributed by atoms with van der Waals surface area (Å²) in [6, 6.07) is 11.5. The number of rotatable bonds is 5. The molecule has 1 N–H and O–H groups in total. The predicted molar refractivity (Wildman–Crippen MR) is 78.8 cm³/mol. The van der Waals surface area contributed by atoms with Crippen molar-refractivity contribution in [3.63, 3.8) is 0 Å². The summed E-state index contributed by atoms with van der Waals surface area (Å²) in [7, 11) is 0. The third-order valence-electron chi connectivity index (χ3n) is 2.70. The van der Waals surface area contributed by atoms with Crippen LogP contribution in [0.1, 0.15) is 11.3 Å². The molecule has 2 aromatic rings. The maximum Gasteiger partial charge on any atom is 0.433 e. The van der Waals surface area contributed by atoms with Crippen molar-refractivity contribution in [2.24, 2.45) is 0 Å². The van der Waals surface area contributed by atoms with E-state index in [1.54, 1.807) is 24.3 Å². The quantitative estimate of drug-likeness (QED) is 0.518. The first-order valence-corrected chi connectivity index (χ1v) is 6.27. The Morgan fingerprint density at radius 1 is 1.32 bits per heavy atom. The number of carbonyl (C=O) groups is 1. The summed E-state index contributed by atoms with van der Waals surface area (Å²) in [4.78, 5) is 21.5. The van der Waals surface area contributed by atoms with Crippen LogP contribution in [0.15, 0.2) is 46.9 Å². The average Bonchev–Trinajstić information content (AvgIpc) is 2.97. The van der Waals surface area contributed by atoms with Crippen molar-refractivity contribution in [2.45, 2.75) is 6.42 Å². The summed E-state index contributed by atoms with van der Waals surface area (Å²) in [5.74, 6) is -0.563. The first kappa shape index (κ1) is 15.0. The predicted octanol–water partition coefficient (Wildman–Crippen LogP) is 2.91. The Labute approximate surface area is 125 Å². The van der Waals surface area contributed by atoms with Crippen molar-refractivity contribution >= 4 is 23.6 Å². The Hall–Kier alpha value is -3.40. The SMILES string of the molecule is N#CCc1ccc(NC(=O)C=Cc2ccc([N+](=O)[O-])o2)cc1. The lowest BCUT2D eigenvalue weighted by molar-refractivity contribution is -0.402. The third-order valence-corrected chi connectivity index (χ3v) is 2.70. The van der Waals surface area contributed by atoms with Crippen LogP contribution in [0, 0.1) is 21.4 Å². The molecule has 0 spiro atoms. The molecular formula is C15H11N3O4. The van der Waals surface area contributed by atoms with E-state index >= 15 is 0 Å². The molecule has 1 amide bonds. The summed E-state index contributed by atoms with van der Waals surface area (Å²) in [5.41, 5.74) is 1.45. The second-order valence-corrected chi connectivity index (χ2v) is 4.29. The van der Waals surface area contributed by atoms with Gasteiger partial charge in [-0.1, -0.05) is 12.1 Å². The minimum Gasteiger partial charge on any atom is -0.401 e. The van der Waals surface area contributed by atoms with Crippen molar-refractivity contribution in [3.8, 4) is 6.07 Å². The topological polar surface area (TPSA) is 109 Å². The second kappa shape index (κ2) is 6.85. The molecule has 0 saturated heterocycles. The zero-order chi connectivity index (χ0) is 15.9. The van der Waals surface area contributed by atoms with Gasteiger partial charge in [0, 0.05) is 11.8 Å². The van der Waals surface area contributed by atoms with Gasteiger partial charge in [0.05, 0.1) is 18.6 Å². The van der Waals surface area contributed by atoms with E-state index in [4.69, 9.17) is 9.68 Å². The smallest absolute Gasteiger partial charge is 0.401 e. The third kappa shape index (κ3) is 4.05. The van der Waals surface area contributed by atoms with Crippen LogP contribution in [0.4, 0.5) is 11.6 Å². The second-order valence-electron chi connectivity index (χ2n) is 4.29. The highest BCUT2D eigenvalue weighted by Gasteiger charge is 2.10. The zero-order valence-corrected chi connectivity index (χ0v) is 11.4. The summed E-state index contributed by atoms with van der Waals surface area (Å²) in [5, 5.41) is 21.7. The van der Waals surface area contributed by atoms with E-state index < -0.39 is 10.8 Å². The maximum absolute atomic E-state index is 11.7. The Bertz CT molecular complexity index is 754. The average molecular weight is 297 g/mol. The van der Waals surface area contributed by atoms with E-state index in [2.05, 4.69) is 5.32 Å². The van der Waals surface area contributed by atoms with E-state index in [0.717, 1.165) is 5.56 Å². The fraction of sp³-hybridized carbons (Fsp3) is 0.0667. The lowest BCUT2D eigenvalue weighted by Crippen LogP contribution is -2.07. The zero-order valence-electron chi connectivity index (χ0n) is 11.4. The molecule has 0 saturated carbocycles. The Morgan fingerprint density at radius 3 is 2.64 bits per heavy atom. The Kier molecular flexibility index (Phi) is 4.67. The minimum absolute atomic E-state index is 0.214. The molecule has 0 aliphatic rings. The molecule has 2 rings (SSSR count). The van der Waals surface area contributed by atoms with E-state index in [9.17, 15) is 14.9 Å². The van der Waals surface area contributed by atoms with Gasteiger partial charge in [-0.3, -0.25) is 14.9 Å². The van der Waals surface area contributed by atoms with Crippen LogP contribution < -0.4 is 5.32 Å². The van der Waals surface area contributed by atoms with E-state index in [-0.39, 0.29) is 11.6 Å². The lowest BCUT2D eigenvalue weighted by atomic mass is 10.1. The molecule has 0 aliphatic heterocycles. The monoisotopic (exact) mass is 297 g/mol. The Balaban J connectivity index is 1.95. The molecule has 1 aromatic carbocycles. The molecular weight excluding hydrogens is 286 g/mol. The number of hydrogen-bond donors (Lipinski definition) is 1. The number of hydrogen-bond acceptors (Lipinski definition) is 5. The van der Waals surface area contributed by atoms with E-state index in [1.807, 2.05) is 6.07 Å². The fourth-order valence-corrected chi connectivity index (χ4v) is 1.67. The molecule has 1 heterocycles. The van der Waals surface area contributed by atoms with Crippen molar-refractivity contribution in [1.82, 2.24) is 0 Å². The van der Waals surface area contributed by atoms with Gasteiger partial charge >= 0.3 is 5.88 Å². The molecule has 0 atom stereocenters. The van der Waals surface area contributed by atoms with Gasteiger partial charge in [-0.2, -0.15) is 5.26 Å². The van der Waals surface area contributed by atoms with Crippen LogP contribution in [0.3, 0.4) is 0 Å². The van der Waals surface area contributed by atoms with E-state index in [0.29, 0.717) is 12.1 Å². The van der Waals surface area contributed by atoms with Crippen LogP contribution in [0.25, 0.3) is 6.08 Å². The van der Waals surface area contributed by atoms with Crippen molar-refractivity contribution in [3.05, 3.63) is 63.9 Å². The summed E-state index contributed by atoms with van der Waals surface area (Å²) < 4.78 is 4.89. The first-order valence-electron chi connectivity index (χ1n) is 6.27. The highest BCUT2D eigenvalue weighted by Crippen LogP contribution is 2.16. The van der Waals surface area contributed by atoms with Crippen molar-refractivity contribution in [1.29, 1.82) is 5.26 Å². The summed E-state index contributed by atoms with van der Waals surface area (Å²) in [6.07, 6.45) is 2.86.